The fraction of sp³-hybridized carbons (Fsp3) is 0.353. The number of aromatic nitrogens is 1. The lowest BCUT2D eigenvalue weighted by Gasteiger charge is -2.20. The van der Waals surface area contributed by atoms with Crippen LogP contribution in [0.25, 0.3) is 0 Å². The first-order valence-corrected chi connectivity index (χ1v) is 7.63. The van der Waals surface area contributed by atoms with E-state index in [0.717, 1.165) is 0 Å². The molecule has 0 aliphatic rings. The molecule has 0 saturated heterocycles. The molecule has 1 aromatic carbocycles. The summed E-state index contributed by atoms with van der Waals surface area (Å²) < 4.78 is 17.9. The molecule has 0 aliphatic carbocycles. The average molecular weight is 333 g/mol. The summed E-state index contributed by atoms with van der Waals surface area (Å²) >= 11 is 0. The highest BCUT2D eigenvalue weighted by molar-refractivity contribution is 5.94. The number of hydrogen-bond acceptors (Lipinski definition) is 4. The van der Waals surface area contributed by atoms with E-state index in [9.17, 15) is 14.0 Å². The summed E-state index contributed by atoms with van der Waals surface area (Å²) in [6.07, 6.45) is 0. The van der Waals surface area contributed by atoms with Gasteiger partial charge in [-0.3, -0.25) is 9.59 Å². The van der Waals surface area contributed by atoms with Gasteiger partial charge < -0.3 is 15.2 Å². The second-order valence-corrected chi connectivity index (χ2v) is 5.86. The van der Waals surface area contributed by atoms with Crippen molar-refractivity contribution in [3.05, 3.63) is 47.5 Å². The van der Waals surface area contributed by atoms with Gasteiger partial charge in [-0.2, -0.15) is 0 Å². The van der Waals surface area contributed by atoms with Crippen LogP contribution >= 0.6 is 0 Å². The number of anilines is 1. The van der Waals surface area contributed by atoms with Crippen LogP contribution in [-0.2, 0) is 9.59 Å². The van der Waals surface area contributed by atoms with Gasteiger partial charge in [0.25, 0.3) is 0 Å². The highest BCUT2D eigenvalue weighted by atomic mass is 19.1. The van der Waals surface area contributed by atoms with Crippen LogP contribution in [-0.4, -0.2) is 23.5 Å². The Balaban J connectivity index is 1.95. The minimum Gasteiger partial charge on any atom is -0.360 e. The summed E-state index contributed by atoms with van der Waals surface area (Å²) in [5.74, 6) is -0.647. The molecule has 2 amide bonds. The van der Waals surface area contributed by atoms with Gasteiger partial charge in [-0.05, 0) is 30.5 Å². The minimum atomic E-state index is -0.465. The molecule has 6 nitrogen and oxygen atoms in total. The fourth-order valence-electron chi connectivity index (χ4n) is 2.40. The Morgan fingerprint density at radius 3 is 2.46 bits per heavy atom. The summed E-state index contributed by atoms with van der Waals surface area (Å²) in [4.78, 5) is 24.3. The van der Waals surface area contributed by atoms with Crippen LogP contribution in [0.5, 0.6) is 0 Å². The van der Waals surface area contributed by atoms with Gasteiger partial charge in [0, 0.05) is 6.07 Å². The Hall–Kier alpha value is -2.70. The van der Waals surface area contributed by atoms with E-state index in [-0.39, 0.29) is 24.2 Å². The van der Waals surface area contributed by atoms with Gasteiger partial charge in [0.2, 0.25) is 11.8 Å². The topological polar surface area (TPSA) is 84.2 Å². The third-order valence-corrected chi connectivity index (χ3v) is 3.50. The van der Waals surface area contributed by atoms with Crippen LogP contribution < -0.4 is 10.6 Å². The number of halogens is 1. The van der Waals surface area contributed by atoms with Crippen molar-refractivity contribution in [2.24, 2.45) is 5.92 Å². The molecule has 1 atom stereocenters. The van der Waals surface area contributed by atoms with Gasteiger partial charge in [-0.25, -0.2) is 4.39 Å². The molecule has 0 saturated carbocycles. The van der Waals surface area contributed by atoms with Crippen molar-refractivity contribution in [3.63, 3.8) is 0 Å². The minimum absolute atomic E-state index is 0.00304. The second kappa shape index (κ2) is 7.72. The molecule has 0 radical (unpaired) electrons. The first-order valence-electron chi connectivity index (χ1n) is 7.63. The Kier molecular flexibility index (Phi) is 5.68. The van der Waals surface area contributed by atoms with Crippen molar-refractivity contribution in [2.45, 2.75) is 26.7 Å². The molecule has 0 fully saturated rings. The van der Waals surface area contributed by atoms with E-state index in [4.69, 9.17) is 4.52 Å². The zero-order chi connectivity index (χ0) is 17.7. The SMILES string of the molecule is Cc1cc(NC(=O)CNC(=O)C(c2ccc(F)cc2)C(C)C)no1. The molecule has 1 unspecified atom stereocenters. The van der Waals surface area contributed by atoms with Gasteiger partial charge >= 0.3 is 0 Å². The third kappa shape index (κ3) is 4.65. The van der Waals surface area contributed by atoms with E-state index >= 15 is 0 Å². The predicted molar refractivity (Wildman–Crippen MR) is 86.9 cm³/mol. The molecule has 0 aliphatic heterocycles. The first kappa shape index (κ1) is 17.7. The molecule has 128 valence electrons. The van der Waals surface area contributed by atoms with Crippen LogP contribution in [0.1, 0.15) is 31.1 Å². The van der Waals surface area contributed by atoms with E-state index in [1.165, 1.54) is 12.1 Å². The van der Waals surface area contributed by atoms with E-state index in [2.05, 4.69) is 15.8 Å². The molecular weight excluding hydrogens is 313 g/mol. The van der Waals surface area contributed by atoms with Crippen LogP contribution in [0, 0.1) is 18.7 Å². The van der Waals surface area contributed by atoms with E-state index in [1.54, 1.807) is 25.1 Å². The summed E-state index contributed by atoms with van der Waals surface area (Å²) in [5, 5.41) is 8.77. The van der Waals surface area contributed by atoms with Crippen molar-refractivity contribution in [2.75, 3.05) is 11.9 Å². The largest absolute Gasteiger partial charge is 0.360 e. The zero-order valence-electron chi connectivity index (χ0n) is 13.8. The van der Waals surface area contributed by atoms with Crippen molar-refractivity contribution in [3.8, 4) is 0 Å². The molecule has 0 bridgehead atoms. The van der Waals surface area contributed by atoms with Gasteiger partial charge in [-0.15, -0.1) is 0 Å². The van der Waals surface area contributed by atoms with Gasteiger partial charge in [0.1, 0.15) is 11.6 Å². The number of carbonyl (C=O) groups excluding carboxylic acids is 2. The number of rotatable bonds is 6. The molecule has 1 heterocycles. The summed E-state index contributed by atoms with van der Waals surface area (Å²) in [6, 6.07) is 7.38. The first-order chi connectivity index (χ1) is 11.4. The molecule has 1 aromatic heterocycles. The van der Waals surface area contributed by atoms with Gasteiger partial charge in [-0.1, -0.05) is 31.1 Å². The Morgan fingerprint density at radius 1 is 1.25 bits per heavy atom. The Labute approximate surface area is 139 Å². The standard InChI is InChI=1S/C17H20FN3O3/c1-10(2)16(12-4-6-13(18)7-5-12)17(23)19-9-15(22)20-14-8-11(3)24-21-14/h4-8,10,16H,9H2,1-3H3,(H,19,23)(H,20,21,22). The number of benzene rings is 1. The lowest BCUT2D eigenvalue weighted by Crippen LogP contribution is -2.37. The van der Waals surface area contributed by atoms with Crippen molar-refractivity contribution < 1.29 is 18.5 Å². The second-order valence-electron chi connectivity index (χ2n) is 5.86. The number of nitrogens with one attached hydrogen (secondary N) is 2. The third-order valence-electron chi connectivity index (χ3n) is 3.50. The highest BCUT2D eigenvalue weighted by Gasteiger charge is 2.24. The van der Waals surface area contributed by atoms with Crippen molar-refractivity contribution in [1.29, 1.82) is 0 Å². The monoisotopic (exact) mass is 333 g/mol. The summed E-state index contributed by atoms with van der Waals surface area (Å²) in [5.41, 5.74) is 0.705. The normalized spacial score (nSPS) is 12.0. The fourth-order valence-corrected chi connectivity index (χ4v) is 2.40. The van der Waals surface area contributed by atoms with Gasteiger partial charge in [0.15, 0.2) is 5.82 Å². The predicted octanol–water partition coefficient (Wildman–Crippen LogP) is 2.62. The van der Waals surface area contributed by atoms with Gasteiger partial charge in [0.05, 0.1) is 12.5 Å². The van der Waals surface area contributed by atoms with Crippen molar-refractivity contribution in [1.82, 2.24) is 10.5 Å². The quantitative estimate of drug-likeness (QED) is 0.851. The lowest BCUT2D eigenvalue weighted by molar-refractivity contribution is -0.126. The molecule has 2 rings (SSSR count). The molecule has 7 heteroatoms. The molecular formula is C17H20FN3O3. The number of aryl methyl sites for hydroxylation is 1. The van der Waals surface area contributed by atoms with E-state index in [0.29, 0.717) is 17.1 Å². The van der Waals surface area contributed by atoms with Crippen LogP contribution in [0.2, 0.25) is 0 Å². The maximum atomic E-state index is 13.0. The number of amides is 2. The van der Waals surface area contributed by atoms with E-state index in [1.807, 2.05) is 13.8 Å². The smallest absolute Gasteiger partial charge is 0.245 e. The average Bonchev–Trinajstić information content (AvgIpc) is 2.92. The maximum absolute atomic E-state index is 13.0. The molecule has 2 aromatic rings. The molecule has 2 N–H and O–H groups in total. The maximum Gasteiger partial charge on any atom is 0.245 e. The highest BCUT2D eigenvalue weighted by Crippen LogP contribution is 2.24. The number of nitrogens with zero attached hydrogens (tertiary/aromatic N) is 1. The van der Waals surface area contributed by atoms with E-state index < -0.39 is 11.8 Å². The van der Waals surface area contributed by atoms with Crippen LogP contribution in [0.15, 0.2) is 34.9 Å². The molecule has 0 spiro atoms. The summed E-state index contributed by atoms with van der Waals surface area (Å²) in [7, 11) is 0. The van der Waals surface area contributed by atoms with Crippen LogP contribution in [0.3, 0.4) is 0 Å². The number of hydrogen-bond donors (Lipinski definition) is 2. The summed E-state index contributed by atoms with van der Waals surface area (Å²) in [6.45, 7) is 5.31. The Bertz CT molecular complexity index is 710. The lowest BCUT2D eigenvalue weighted by atomic mass is 9.87. The van der Waals surface area contributed by atoms with Crippen LogP contribution in [0.4, 0.5) is 10.2 Å². The zero-order valence-corrected chi connectivity index (χ0v) is 13.8. The van der Waals surface area contributed by atoms with Crippen molar-refractivity contribution >= 4 is 17.6 Å². The molecule has 24 heavy (non-hydrogen) atoms. The number of carbonyl (C=O) groups is 2. The Morgan fingerprint density at radius 2 is 1.92 bits per heavy atom.